The molecule has 5 heteroatoms. The second kappa shape index (κ2) is 7.28. The van der Waals surface area contributed by atoms with Gasteiger partial charge in [-0.15, -0.1) is 0 Å². The van der Waals surface area contributed by atoms with Crippen LogP contribution in [0.4, 0.5) is 17.1 Å². The molecule has 3 rings (SSSR count). The van der Waals surface area contributed by atoms with Gasteiger partial charge < -0.3 is 15.4 Å². The number of rotatable bonds is 5. The molecule has 1 heterocycles. The second-order valence-corrected chi connectivity index (χ2v) is 5.08. The lowest BCUT2D eigenvalue weighted by Gasteiger charge is -2.11. The molecule has 0 fully saturated rings. The van der Waals surface area contributed by atoms with E-state index in [0.29, 0.717) is 5.69 Å². The van der Waals surface area contributed by atoms with Crippen molar-refractivity contribution in [3.05, 3.63) is 78.6 Å². The minimum atomic E-state index is -0.245. The van der Waals surface area contributed by atoms with Crippen molar-refractivity contribution in [2.24, 2.45) is 0 Å². The summed E-state index contributed by atoms with van der Waals surface area (Å²) < 4.78 is 5.30. The van der Waals surface area contributed by atoms with Gasteiger partial charge in [-0.25, -0.2) is 4.98 Å². The quantitative estimate of drug-likeness (QED) is 0.743. The fourth-order valence-electron chi connectivity index (χ4n) is 2.22. The van der Waals surface area contributed by atoms with Crippen LogP contribution in [0.2, 0.25) is 0 Å². The first-order valence-electron chi connectivity index (χ1n) is 7.49. The number of hydrogen-bond acceptors (Lipinski definition) is 4. The Balaban J connectivity index is 1.70. The molecular formula is C19H17N3O2. The van der Waals surface area contributed by atoms with Crippen LogP contribution in [-0.2, 0) is 0 Å². The fraction of sp³-hybridized carbons (Fsp3) is 0.0526. The Morgan fingerprint density at radius 2 is 1.67 bits per heavy atom. The van der Waals surface area contributed by atoms with E-state index in [1.807, 2.05) is 54.6 Å². The summed E-state index contributed by atoms with van der Waals surface area (Å²) in [6, 6.07) is 20.4. The van der Waals surface area contributed by atoms with Gasteiger partial charge in [-0.2, -0.15) is 0 Å². The zero-order valence-corrected chi connectivity index (χ0v) is 13.2. The molecule has 0 saturated carbocycles. The lowest BCUT2D eigenvalue weighted by atomic mass is 10.2. The van der Waals surface area contributed by atoms with Crippen LogP contribution in [0.15, 0.2) is 72.9 Å². The summed E-state index contributed by atoms with van der Waals surface area (Å²) in [5, 5.41) is 6.02. The molecule has 0 aliphatic rings. The van der Waals surface area contributed by atoms with Crippen LogP contribution in [0.25, 0.3) is 0 Å². The van der Waals surface area contributed by atoms with E-state index >= 15 is 0 Å². The Morgan fingerprint density at radius 3 is 2.38 bits per heavy atom. The lowest BCUT2D eigenvalue weighted by Crippen LogP contribution is -2.13. The summed E-state index contributed by atoms with van der Waals surface area (Å²) in [6.07, 6.45) is 1.62. The normalized spacial score (nSPS) is 10.0. The van der Waals surface area contributed by atoms with E-state index in [-0.39, 0.29) is 5.91 Å². The third-order valence-corrected chi connectivity index (χ3v) is 3.41. The number of pyridine rings is 1. The third-order valence-electron chi connectivity index (χ3n) is 3.41. The van der Waals surface area contributed by atoms with Crippen molar-refractivity contribution in [2.75, 3.05) is 17.7 Å². The molecule has 5 nitrogen and oxygen atoms in total. The first kappa shape index (κ1) is 15.6. The molecule has 0 atom stereocenters. The Hall–Kier alpha value is -3.34. The summed E-state index contributed by atoms with van der Waals surface area (Å²) in [5.41, 5.74) is 2.70. The number of carbonyl (C=O) groups excluding carboxylic acids is 1. The molecule has 1 aromatic heterocycles. The summed E-state index contributed by atoms with van der Waals surface area (Å²) in [4.78, 5) is 16.4. The van der Waals surface area contributed by atoms with Crippen LogP contribution in [0.5, 0.6) is 5.75 Å². The molecular weight excluding hydrogens is 302 g/mol. The number of para-hydroxylation sites is 3. The van der Waals surface area contributed by atoms with Crippen LogP contribution in [0, 0.1) is 0 Å². The van der Waals surface area contributed by atoms with Gasteiger partial charge in [0.15, 0.2) is 0 Å². The Kier molecular flexibility index (Phi) is 4.72. The molecule has 0 spiro atoms. The number of methoxy groups -OCH3 is 1. The van der Waals surface area contributed by atoms with E-state index in [9.17, 15) is 4.79 Å². The molecule has 24 heavy (non-hydrogen) atoms. The van der Waals surface area contributed by atoms with Crippen molar-refractivity contribution >= 4 is 23.0 Å². The largest absolute Gasteiger partial charge is 0.495 e. The van der Waals surface area contributed by atoms with Gasteiger partial charge in [-0.3, -0.25) is 4.79 Å². The van der Waals surface area contributed by atoms with Crippen molar-refractivity contribution < 1.29 is 9.53 Å². The maximum Gasteiger partial charge on any atom is 0.274 e. The van der Waals surface area contributed by atoms with E-state index < -0.39 is 0 Å². The van der Waals surface area contributed by atoms with Gasteiger partial charge in [0, 0.05) is 5.69 Å². The van der Waals surface area contributed by atoms with Crippen molar-refractivity contribution in [1.29, 1.82) is 0 Å². The minimum Gasteiger partial charge on any atom is -0.495 e. The predicted octanol–water partition coefficient (Wildman–Crippen LogP) is 4.09. The Morgan fingerprint density at radius 1 is 0.917 bits per heavy atom. The van der Waals surface area contributed by atoms with Gasteiger partial charge in [0.1, 0.15) is 11.4 Å². The van der Waals surface area contributed by atoms with E-state index in [1.54, 1.807) is 25.4 Å². The smallest absolute Gasteiger partial charge is 0.274 e. The Labute approximate surface area is 140 Å². The van der Waals surface area contributed by atoms with Gasteiger partial charge >= 0.3 is 0 Å². The van der Waals surface area contributed by atoms with E-state index in [1.165, 1.54) is 0 Å². The molecule has 120 valence electrons. The summed E-state index contributed by atoms with van der Waals surface area (Å²) in [5.74, 6) is 0.494. The summed E-state index contributed by atoms with van der Waals surface area (Å²) >= 11 is 0. The van der Waals surface area contributed by atoms with Crippen molar-refractivity contribution in [1.82, 2.24) is 4.98 Å². The Bertz CT molecular complexity index is 818. The number of nitrogens with zero attached hydrogens (tertiary/aromatic N) is 1. The average molecular weight is 319 g/mol. The van der Waals surface area contributed by atoms with Crippen LogP contribution in [0.1, 0.15) is 10.5 Å². The maximum absolute atomic E-state index is 12.2. The van der Waals surface area contributed by atoms with Crippen LogP contribution < -0.4 is 15.4 Å². The van der Waals surface area contributed by atoms with Gasteiger partial charge in [0.25, 0.3) is 5.91 Å². The molecule has 0 aliphatic carbocycles. The van der Waals surface area contributed by atoms with Crippen molar-refractivity contribution in [2.45, 2.75) is 0 Å². The monoisotopic (exact) mass is 319 g/mol. The molecule has 0 aliphatic heterocycles. The van der Waals surface area contributed by atoms with Gasteiger partial charge in [-0.05, 0) is 36.4 Å². The van der Waals surface area contributed by atoms with Crippen molar-refractivity contribution in [3.8, 4) is 5.75 Å². The number of aromatic nitrogens is 1. The highest BCUT2D eigenvalue weighted by Gasteiger charge is 2.08. The highest BCUT2D eigenvalue weighted by atomic mass is 16.5. The van der Waals surface area contributed by atoms with Gasteiger partial charge in [0.2, 0.25) is 0 Å². The number of ether oxygens (including phenoxy) is 1. The maximum atomic E-state index is 12.2. The van der Waals surface area contributed by atoms with Crippen LogP contribution in [-0.4, -0.2) is 18.0 Å². The predicted molar refractivity (Wildman–Crippen MR) is 94.9 cm³/mol. The zero-order chi connectivity index (χ0) is 16.8. The van der Waals surface area contributed by atoms with E-state index in [4.69, 9.17) is 4.74 Å². The first-order chi connectivity index (χ1) is 11.8. The fourth-order valence-corrected chi connectivity index (χ4v) is 2.22. The minimum absolute atomic E-state index is 0.245. The molecule has 0 radical (unpaired) electrons. The first-order valence-corrected chi connectivity index (χ1v) is 7.49. The number of benzene rings is 2. The van der Waals surface area contributed by atoms with Crippen LogP contribution in [0.3, 0.4) is 0 Å². The number of anilines is 3. The van der Waals surface area contributed by atoms with Crippen molar-refractivity contribution in [3.63, 3.8) is 0 Å². The topological polar surface area (TPSA) is 63.2 Å². The second-order valence-electron chi connectivity index (χ2n) is 5.08. The van der Waals surface area contributed by atoms with Gasteiger partial charge in [0.05, 0.1) is 24.7 Å². The molecule has 1 amide bonds. The highest BCUT2D eigenvalue weighted by Crippen LogP contribution is 2.26. The molecule has 0 bridgehead atoms. The van der Waals surface area contributed by atoms with Gasteiger partial charge in [-0.1, -0.05) is 30.3 Å². The van der Waals surface area contributed by atoms with E-state index in [2.05, 4.69) is 15.6 Å². The number of carbonyl (C=O) groups is 1. The molecule has 3 aromatic rings. The van der Waals surface area contributed by atoms with E-state index in [0.717, 1.165) is 22.8 Å². The SMILES string of the molecule is COc1ccccc1Nc1ccc(C(=O)Nc2ccccc2)nc1. The molecule has 0 unspecified atom stereocenters. The third kappa shape index (κ3) is 3.70. The highest BCUT2D eigenvalue weighted by molar-refractivity contribution is 6.02. The number of amides is 1. The number of nitrogens with one attached hydrogen (secondary N) is 2. The van der Waals surface area contributed by atoms with Crippen LogP contribution >= 0.6 is 0 Å². The summed E-state index contributed by atoms with van der Waals surface area (Å²) in [6.45, 7) is 0. The number of hydrogen-bond donors (Lipinski definition) is 2. The molecule has 0 saturated heterocycles. The standard InChI is InChI=1S/C19H17N3O2/c1-24-18-10-6-5-9-16(18)21-15-11-12-17(20-13-15)19(23)22-14-7-3-2-4-8-14/h2-13,21H,1H3,(H,22,23). The average Bonchev–Trinajstić information content (AvgIpc) is 2.63. The lowest BCUT2D eigenvalue weighted by molar-refractivity contribution is 0.102. The molecule has 2 N–H and O–H groups in total. The molecule has 2 aromatic carbocycles. The zero-order valence-electron chi connectivity index (χ0n) is 13.2. The summed E-state index contributed by atoms with van der Waals surface area (Å²) in [7, 11) is 1.62.